The van der Waals surface area contributed by atoms with Crippen molar-refractivity contribution in [1.29, 1.82) is 0 Å². The fourth-order valence-electron chi connectivity index (χ4n) is 0.608. The highest BCUT2D eigenvalue weighted by Crippen LogP contribution is 2.06. The van der Waals surface area contributed by atoms with Crippen LogP contribution in [0.5, 0.6) is 0 Å². The zero-order chi connectivity index (χ0) is 11.0. The van der Waals surface area contributed by atoms with Crippen molar-refractivity contribution >= 4 is 6.16 Å². The minimum atomic E-state index is -0.957. The van der Waals surface area contributed by atoms with Gasteiger partial charge in [0.15, 0.2) is 0 Å². The highest BCUT2D eigenvalue weighted by molar-refractivity contribution is 5.62. The fraction of sp³-hybridized carbons (Fsp3) is 0.444. The first-order valence-electron chi connectivity index (χ1n) is 4.07. The van der Waals surface area contributed by atoms with Crippen molar-refractivity contribution in [3.05, 3.63) is 24.7 Å². The number of rotatable bonds is 6. The minimum Gasteiger partial charge on any atom is -0.400 e. The lowest BCUT2D eigenvalue weighted by molar-refractivity contribution is 0.0934. The second-order valence-electron chi connectivity index (χ2n) is 2.48. The summed E-state index contributed by atoms with van der Waals surface area (Å²) in [5, 5.41) is 16.9. The molecule has 0 saturated carbocycles. The molecule has 0 aromatic rings. The predicted molar refractivity (Wildman–Crippen MR) is 49.3 cm³/mol. The maximum atomic E-state index is 10.9. The molecule has 0 atom stereocenters. The Hall–Kier alpha value is -1.33. The molecule has 0 aromatic carbocycles. The van der Waals surface area contributed by atoms with Gasteiger partial charge in [-0.1, -0.05) is 13.2 Å². The molecule has 0 heterocycles. The molecule has 0 saturated heterocycles. The first kappa shape index (κ1) is 12.7. The average molecular weight is 202 g/mol. The van der Waals surface area contributed by atoms with Crippen LogP contribution < -0.4 is 0 Å². The second-order valence-corrected chi connectivity index (χ2v) is 2.48. The van der Waals surface area contributed by atoms with Crippen LogP contribution in [0.3, 0.4) is 0 Å². The topological polar surface area (TPSA) is 76.0 Å². The van der Waals surface area contributed by atoms with E-state index in [2.05, 4.69) is 22.6 Å². The lowest BCUT2D eigenvalue weighted by atomic mass is 10.4. The first-order chi connectivity index (χ1) is 6.60. The lowest BCUT2D eigenvalue weighted by Gasteiger charge is -2.07. The molecule has 0 aliphatic carbocycles. The quantitative estimate of drug-likeness (QED) is 0.495. The molecular formula is C9H14O5. The van der Waals surface area contributed by atoms with Gasteiger partial charge in [0.25, 0.3) is 0 Å². The van der Waals surface area contributed by atoms with Crippen molar-refractivity contribution in [1.82, 2.24) is 0 Å². The van der Waals surface area contributed by atoms with E-state index in [0.29, 0.717) is 0 Å². The van der Waals surface area contributed by atoms with E-state index in [4.69, 9.17) is 10.2 Å². The summed E-state index contributed by atoms with van der Waals surface area (Å²) in [6.45, 7) is 6.45. The van der Waals surface area contributed by atoms with Gasteiger partial charge in [0.1, 0.15) is 11.5 Å². The third-order valence-corrected chi connectivity index (χ3v) is 1.24. The van der Waals surface area contributed by atoms with Crippen LogP contribution in [0.15, 0.2) is 24.7 Å². The van der Waals surface area contributed by atoms with Crippen LogP contribution >= 0.6 is 0 Å². The molecule has 14 heavy (non-hydrogen) atoms. The van der Waals surface area contributed by atoms with Crippen LogP contribution in [0.2, 0.25) is 0 Å². The van der Waals surface area contributed by atoms with Gasteiger partial charge in [0.2, 0.25) is 0 Å². The van der Waals surface area contributed by atoms with Crippen LogP contribution in [0.1, 0.15) is 12.8 Å². The second kappa shape index (κ2) is 7.11. The zero-order valence-corrected chi connectivity index (χ0v) is 7.86. The Bertz CT molecular complexity index is 199. The van der Waals surface area contributed by atoms with Gasteiger partial charge in [-0.05, 0) is 0 Å². The summed E-state index contributed by atoms with van der Waals surface area (Å²) in [6, 6.07) is 0. The predicted octanol–water partition coefficient (Wildman–Crippen LogP) is 0.932. The Morgan fingerprint density at radius 2 is 1.36 bits per heavy atom. The molecule has 0 rings (SSSR count). The van der Waals surface area contributed by atoms with Crippen LogP contribution in [0.25, 0.3) is 0 Å². The van der Waals surface area contributed by atoms with Crippen LogP contribution in [-0.2, 0) is 9.47 Å². The van der Waals surface area contributed by atoms with Crippen molar-refractivity contribution in [2.24, 2.45) is 0 Å². The minimum absolute atomic E-state index is 0.120. The summed E-state index contributed by atoms with van der Waals surface area (Å²) >= 11 is 0. The molecule has 0 radical (unpaired) electrons. The third kappa shape index (κ3) is 6.22. The Balaban J connectivity index is 3.75. The van der Waals surface area contributed by atoms with Crippen molar-refractivity contribution < 1.29 is 24.5 Å². The van der Waals surface area contributed by atoms with E-state index in [1.54, 1.807) is 0 Å². The van der Waals surface area contributed by atoms with E-state index < -0.39 is 6.16 Å². The molecule has 0 aliphatic rings. The summed E-state index contributed by atoms with van der Waals surface area (Å²) in [4.78, 5) is 10.9. The van der Waals surface area contributed by atoms with E-state index in [0.717, 1.165) is 0 Å². The van der Waals surface area contributed by atoms with Crippen molar-refractivity contribution in [2.45, 2.75) is 12.8 Å². The van der Waals surface area contributed by atoms with Gasteiger partial charge < -0.3 is 19.7 Å². The number of carbonyl (C=O) groups is 1. The highest BCUT2D eigenvalue weighted by Gasteiger charge is 2.08. The maximum Gasteiger partial charge on any atom is 0.518 e. The lowest BCUT2D eigenvalue weighted by Crippen LogP contribution is -2.07. The molecule has 0 bridgehead atoms. The number of carbonyl (C=O) groups excluding carboxylic acids is 1. The van der Waals surface area contributed by atoms with E-state index in [1.165, 1.54) is 0 Å². The number of hydrogen-bond acceptors (Lipinski definition) is 5. The van der Waals surface area contributed by atoms with Gasteiger partial charge in [-0.15, -0.1) is 0 Å². The smallest absolute Gasteiger partial charge is 0.400 e. The molecule has 0 unspecified atom stereocenters. The van der Waals surface area contributed by atoms with Crippen molar-refractivity contribution in [3.8, 4) is 0 Å². The average Bonchev–Trinajstić information content (AvgIpc) is 2.03. The molecular weight excluding hydrogens is 188 g/mol. The van der Waals surface area contributed by atoms with Crippen LogP contribution in [0.4, 0.5) is 4.79 Å². The largest absolute Gasteiger partial charge is 0.518 e. The molecule has 2 N–H and O–H groups in total. The zero-order valence-electron chi connectivity index (χ0n) is 7.86. The van der Waals surface area contributed by atoms with Gasteiger partial charge >= 0.3 is 6.16 Å². The molecule has 5 heteroatoms. The standard InChI is InChI=1S/C9H14O5/c1-7(3-5-10)13-9(12)14-8(2)4-6-11/h10-11H,1-6H2. The van der Waals surface area contributed by atoms with Gasteiger partial charge in [0.05, 0.1) is 13.2 Å². The van der Waals surface area contributed by atoms with Gasteiger partial charge in [-0.2, -0.15) is 0 Å². The molecule has 0 fully saturated rings. The van der Waals surface area contributed by atoms with Gasteiger partial charge in [0, 0.05) is 12.8 Å². The summed E-state index contributed by atoms with van der Waals surface area (Å²) in [5.74, 6) is 0.239. The van der Waals surface area contributed by atoms with Gasteiger partial charge in [-0.25, -0.2) is 4.79 Å². The molecule has 80 valence electrons. The SMILES string of the molecule is C=C(CCO)OC(=O)OC(=C)CCO. The first-order valence-corrected chi connectivity index (χ1v) is 4.07. The number of aliphatic hydroxyl groups excluding tert-OH is 2. The summed E-state index contributed by atoms with van der Waals surface area (Å²) < 4.78 is 9.10. The Kier molecular flexibility index (Phi) is 6.43. The van der Waals surface area contributed by atoms with Crippen LogP contribution in [-0.4, -0.2) is 29.6 Å². The molecule has 0 amide bonds. The fourth-order valence-corrected chi connectivity index (χ4v) is 0.608. The Morgan fingerprint density at radius 1 is 1.00 bits per heavy atom. The summed E-state index contributed by atoms with van der Waals surface area (Å²) in [6.07, 6.45) is -0.620. The van der Waals surface area contributed by atoms with E-state index in [9.17, 15) is 4.79 Å². The normalized spacial score (nSPS) is 9.29. The Labute approximate surface area is 82.3 Å². The van der Waals surface area contributed by atoms with Crippen LogP contribution in [0, 0.1) is 0 Å². The molecule has 0 aromatic heterocycles. The summed E-state index contributed by atoms with van der Waals surface area (Å²) in [7, 11) is 0. The number of ether oxygens (including phenoxy) is 2. The molecule has 5 nitrogen and oxygen atoms in total. The van der Waals surface area contributed by atoms with Crippen molar-refractivity contribution in [3.63, 3.8) is 0 Å². The number of hydrogen-bond donors (Lipinski definition) is 2. The number of aliphatic hydroxyl groups is 2. The highest BCUT2D eigenvalue weighted by atomic mass is 16.7. The van der Waals surface area contributed by atoms with Crippen molar-refractivity contribution in [2.75, 3.05) is 13.2 Å². The van der Waals surface area contributed by atoms with Gasteiger partial charge in [-0.3, -0.25) is 0 Å². The van der Waals surface area contributed by atoms with E-state index in [-0.39, 0.29) is 37.6 Å². The summed E-state index contributed by atoms with van der Waals surface area (Å²) in [5.41, 5.74) is 0. The monoisotopic (exact) mass is 202 g/mol. The third-order valence-electron chi connectivity index (χ3n) is 1.24. The molecule has 0 spiro atoms. The maximum absolute atomic E-state index is 10.9. The van der Waals surface area contributed by atoms with E-state index in [1.807, 2.05) is 0 Å². The van der Waals surface area contributed by atoms with E-state index >= 15 is 0 Å². The molecule has 0 aliphatic heterocycles. The Morgan fingerprint density at radius 3 is 1.64 bits per heavy atom.